The molecule has 6 nitrogen and oxygen atoms in total. The van der Waals surface area contributed by atoms with Gasteiger partial charge in [0.25, 0.3) is 0 Å². The Kier molecular flexibility index (Phi) is 5.90. The van der Waals surface area contributed by atoms with Crippen molar-refractivity contribution in [1.29, 1.82) is 0 Å². The minimum Gasteiger partial charge on any atom is -0.496 e. The number of benzene rings is 2. The second kappa shape index (κ2) is 8.92. The van der Waals surface area contributed by atoms with Crippen molar-refractivity contribution in [1.82, 2.24) is 19.7 Å². The predicted molar refractivity (Wildman–Crippen MR) is 117 cm³/mol. The van der Waals surface area contributed by atoms with Crippen molar-refractivity contribution in [2.24, 2.45) is 0 Å². The number of hydrogen-bond acceptors (Lipinski definition) is 6. The van der Waals surface area contributed by atoms with Crippen molar-refractivity contribution in [3.05, 3.63) is 84.2 Å². The first-order valence-corrected chi connectivity index (χ1v) is 10.4. The highest BCUT2D eigenvalue weighted by Crippen LogP contribution is 2.33. The average Bonchev–Trinajstić information content (AvgIpc) is 3.22. The van der Waals surface area contributed by atoms with E-state index in [1.165, 1.54) is 11.8 Å². The maximum atomic E-state index is 12.5. The van der Waals surface area contributed by atoms with Crippen molar-refractivity contribution in [2.75, 3.05) is 12.9 Å². The van der Waals surface area contributed by atoms with E-state index in [0.717, 1.165) is 16.8 Å². The van der Waals surface area contributed by atoms with Gasteiger partial charge in [0.2, 0.25) is 0 Å². The van der Waals surface area contributed by atoms with Gasteiger partial charge in [-0.3, -0.25) is 14.3 Å². The van der Waals surface area contributed by atoms with Crippen LogP contribution in [0.1, 0.15) is 16.1 Å². The van der Waals surface area contributed by atoms with Crippen LogP contribution in [-0.2, 0) is 0 Å². The molecule has 2 aromatic heterocycles. The van der Waals surface area contributed by atoms with E-state index in [9.17, 15) is 4.79 Å². The van der Waals surface area contributed by atoms with Gasteiger partial charge in [-0.2, -0.15) is 0 Å². The molecular weight excluding hydrogens is 396 g/mol. The zero-order valence-corrected chi connectivity index (χ0v) is 17.5. The highest BCUT2D eigenvalue weighted by molar-refractivity contribution is 7.99. The number of nitrogens with zero attached hydrogens (tertiary/aromatic N) is 4. The third-order valence-electron chi connectivity index (χ3n) is 4.56. The summed E-state index contributed by atoms with van der Waals surface area (Å²) in [6.45, 7) is 2.04. The van der Waals surface area contributed by atoms with Gasteiger partial charge in [0, 0.05) is 11.9 Å². The lowest BCUT2D eigenvalue weighted by Gasteiger charge is -2.12. The quantitative estimate of drug-likeness (QED) is 0.323. The van der Waals surface area contributed by atoms with E-state index in [4.69, 9.17) is 4.74 Å². The lowest BCUT2D eigenvalue weighted by Crippen LogP contribution is -2.06. The lowest BCUT2D eigenvalue weighted by atomic mass is 10.1. The standard InChI is InChI=1S/C23H20N4O2S/c1-16-10-12-17(13-11-16)27-22(18-7-3-4-9-21(18)29-2)25-26-23(27)30-15-20(28)19-8-5-6-14-24-19/h3-14H,15H2,1-2H3. The van der Waals surface area contributed by atoms with Crippen LogP contribution in [0.4, 0.5) is 0 Å². The van der Waals surface area contributed by atoms with Crippen molar-refractivity contribution in [3.8, 4) is 22.8 Å². The molecule has 0 amide bonds. The molecular formula is C23H20N4O2S. The second-order valence-corrected chi connectivity index (χ2v) is 7.55. The van der Waals surface area contributed by atoms with Gasteiger partial charge in [-0.15, -0.1) is 10.2 Å². The number of ketones is 1. The van der Waals surface area contributed by atoms with Crippen LogP contribution >= 0.6 is 11.8 Å². The van der Waals surface area contributed by atoms with Gasteiger partial charge >= 0.3 is 0 Å². The summed E-state index contributed by atoms with van der Waals surface area (Å²) >= 11 is 1.34. The van der Waals surface area contributed by atoms with Gasteiger partial charge < -0.3 is 4.74 Å². The van der Waals surface area contributed by atoms with Crippen LogP contribution in [0, 0.1) is 6.92 Å². The van der Waals surface area contributed by atoms with Crippen LogP contribution < -0.4 is 4.74 Å². The summed E-state index contributed by atoms with van der Waals surface area (Å²) in [4.78, 5) is 16.7. The van der Waals surface area contributed by atoms with E-state index in [1.54, 1.807) is 31.5 Å². The molecule has 30 heavy (non-hydrogen) atoms. The topological polar surface area (TPSA) is 69.9 Å². The number of pyridine rings is 1. The summed E-state index contributed by atoms with van der Waals surface area (Å²) in [6, 6.07) is 21.1. The molecule has 0 saturated carbocycles. The van der Waals surface area contributed by atoms with E-state index in [1.807, 2.05) is 60.0 Å². The maximum absolute atomic E-state index is 12.5. The van der Waals surface area contributed by atoms with Crippen molar-refractivity contribution in [2.45, 2.75) is 12.1 Å². The summed E-state index contributed by atoms with van der Waals surface area (Å²) in [7, 11) is 1.63. The Bertz CT molecular complexity index is 1160. The SMILES string of the molecule is COc1ccccc1-c1nnc(SCC(=O)c2ccccn2)n1-c1ccc(C)cc1. The van der Waals surface area contributed by atoms with E-state index in [2.05, 4.69) is 15.2 Å². The highest BCUT2D eigenvalue weighted by atomic mass is 32.2. The molecule has 2 heterocycles. The van der Waals surface area contributed by atoms with E-state index in [0.29, 0.717) is 22.4 Å². The van der Waals surface area contributed by atoms with Crippen LogP contribution in [0.25, 0.3) is 17.1 Å². The molecule has 0 fully saturated rings. The molecule has 0 aliphatic rings. The molecule has 150 valence electrons. The molecule has 0 aliphatic heterocycles. The first-order chi connectivity index (χ1) is 14.7. The Morgan fingerprint density at radius 2 is 1.77 bits per heavy atom. The fourth-order valence-electron chi connectivity index (χ4n) is 3.03. The maximum Gasteiger partial charge on any atom is 0.196 e. The predicted octanol–water partition coefficient (Wildman–Crippen LogP) is 4.62. The van der Waals surface area contributed by atoms with Gasteiger partial charge in [-0.1, -0.05) is 47.7 Å². The average molecular weight is 417 g/mol. The van der Waals surface area contributed by atoms with Crippen LogP contribution in [0.3, 0.4) is 0 Å². The fraction of sp³-hybridized carbons (Fsp3) is 0.130. The molecule has 0 radical (unpaired) electrons. The molecule has 2 aromatic carbocycles. The van der Waals surface area contributed by atoms with Gasteiger partial charge in [0.05, 0.1) is 18.4 Å². The van der Waals surface area contributed by atoms with Crippen LogP contribution in [0.15, 0.2) is 78.1 Å². The van der Waals surface area contributed by atoms with Crippen molar-refractivity contribution >= 4 is 17.5 Å². The largest absolute Gasteiger partial charge is 0.496 e. The first-order valence-electron chi connectivity index (χ1n) is 9.40. The van der Waals surface area contributed by atoms with Crippen LogP contribution in [0.5, 0.6) is 5.75 Å². The Balaban J connectivity index is 1.73. The number of aryl methyl sites for hydroxylation is 1. The monoisotopic (exact) mass is 416 g/mol. The smallest absolute Gasteiger partial charge is 0.196 e. The molecule has 0 saturated heterocycles. The zero-order chi connectivity index (χ0) is 20.9. The number of thioether (sulfide) groups is 1. The number of methoxy groups -OCH3 is 1. The van der Waals surface area contributed by atoms with Gasteiger partial charge in [0.15, 0.2) is 16.8 Å². The second-order valence-electron chi connectivity index (χ2n) is 6.60. The van der Waals surface area contributed by atoms with E-state index < -0.39 is 0 Å². The van der Waals surface area contributed by atoms with Crippen molar-refractivity contribution in [3.63, 3.8) is 0 Å². The molecule has 4 rings (SSSR count). The molecule has 0 aliphatic carbocycles. The number of hydrogen-bond donors (Lipinski definition) is 0. The third-order valence-corrected chi connectivity index (χ3v) is 5.49. The van der Waals surface area contributed by atoms with E-state index in [-0.39, 0.29) is 11.5 Å². The molecule has 0 atom stereocenters. The Morgan fingerprint density at radius 3 is 2.50 bits per heavy atom. The Labute approximate surface area is 179 Å². The molecule has 0 spiro atoms. The Hall–Kier alpha value is -3.45. The normalized spacial score (nSPS) is 10.7. The number of aromatic nitrogens is 4. The number of carbonyl (C=O) groups excluding carboxylic acids is 1. The molecule has 4 aromatic rings. The molecule has 0 N–H and O–H groups in total. The van der Waals surface area contributed by atoms with Crippen molar-refractivity contribution < 1.29 is 9.53 Å². The zero-order valence-electron chi connectivity index (χ0n) is 16.6. The molecule has 7 heteroatoms. The first kappa shape index (κ1) is 19.8. The van der Waals surface area contributed by atoms with Crippen LogP contribution in [-0.4, -0.2) is 38.4 Å². The van der Waals surface area contributed by atoms with Gasteiger partial charge in [-0.05, 0) is 43.3 Å². The highest BCUT2D eigenvalue weighted by Gasteiger charge is 2.20. The lowest BCUT2D eigenvalue weighted by molar-refractivity contribution is 0.101. The third kappa shape index (κ3) is 4.11. The summed E-state index contributed by atoms with van der Waals surface area (Å²) in [5, 5.41) is 9.44. The van der Waals surface area contributed by atoms with Gasteiger partial charge in [0.1, 0.15) is 11.4 Å². The molecule has 0 bridgehead atoms. The summed E-state index contributed by atoms with van der Waals surface area (Å²) in [5.74, 6) is 1.52. The summed E-state index contributed by atoms with van der Waals surface area (Å²) < 4.78 is 7.48. The number of carbonyl (C=O) groups is 1. The Morgan fingerprint density at radius 1 is 1.00 bits per heavy atom. The van der Waals surface area contributed by atoms with Crippen LogP contribution in [0.2, 0.25) is 0 Å². The number of para-hydroxylation sites is 1. The summed E-state index contributed by atoms with van der Waals surface area (Å²) in [5.41, 5.74) is 3.34. The number of ether oxygens (including phenoxy) is 1. The minimum atomic E-state index is -0.0575. The van der Waals surface area contributed by atoms with Gasteiger partial charge in [-0.25, -0.2) is 0 Å². The number of Topliss-reactive ketones (excluding diaryl/α,β-unsaturated/α-hetero) is 1. The molecule has 0 unspecified atom stereocenters. The minimum absolute atomic E-state index is 0.0575. The number of rotatable bonds is 7. The van der Waals surface area contributed by atoms with E-state index >= 15 is 0 Å². The fourth-order valence-corrected chi connectivity index (χ4v) is 3.85. The summed E-state index contributed by atoms with van der Waals surface area (Å²) in [6.07, 6.45) is 1.62.